The minimum absolute atomic E-state index is 0.456. The first-order valence-electron chi connectivity index (χ1n) is 2.69. The lowest BCUT2D eigenvalue weighted by Gasteiger charge is -2.03. The maximum Gasteiger partial charge on any atom is 0.0884 e. The molecule has 1 nitrogen and oxygen atoms in total. The Balaban J connectivity index is 2.59. The van der Waals surface area contributed by atoms with Gasteiger partial charge < -0.3 is 5.11 Å². The summed E-state index contributed by atoms with van der Waals surface area (Å²) in [5.41, 5.74) is -0.299. The number of hydrogen-bond acceptors (Lipinski definition) is 1. The van der Waals surface area contributed by atoms with Crippen LogP contribution in [0.4, 0.5) is 4.39 Å². The van der Waals surface area contributed by atoms with Crippen LogP contribution in [0.25, 0.3) is 0 Å². The second-order valence-electron chi connectivity index (χ2n) is 2.32. The molecule has 8 heavy (non-hydrogen) atoms. The van der Waals surface area contributed by atoms with Crippen LogP contribution in [-0.2, 0) is 0 Å². The first-order chi connectivity index (χ1) is 3.69. The molecule has 0 aromatic heterocycles. The van der Waals surface area contributed by atoms with E-state index in [0.717, 1.165) is 12.8 Å². The van der Waals surface area contributed by atoms with Crippen molar-refractivity contribution in [3.63, 3.8) is 0 Å². The van der Waals surface area contributed by atoms with Gasteiger partial charge in [0.25, 0.3) is 0 Å². The zero-order valence-corrected chi connectivity index (χ0v) is 4.82. The van der Waals surface area contributed by atoms with Crippen LogP contribution in [0.1, 0.15) is 19.8 Å². The molecular weight excluding hydrogens is 107 g/mol. The summed E-state index contributed by atoms with van der Waals surface area (Å²) in [5.74, 6) is 0. The van der Waals surface area contributed by atoms with E-state index in [-0.39, 0.29) is 0 Å². The molecule has 1 aliphatic rings. The molecule has 0 aromatic rings. The highest BCUT2D eigenvalue weighted by atomic mass is 19.1. The van der Waals surface area contributed by atoms with Gasteiger partial charge in [-0.15, -0.1) is 0 Å². The summed E-state index contributed by atoms with van der Waals surface area (Å²) in [6.45, 7) is 1.60. The molecule has 0 bridgehead atoms. The molecule has 1 fully saturated rings. The standard InChI is InChI=1S/C6H9FO/c1-5(4-7)6(8)2-3-6/h4,8H,2-3H2,1H3. The van der Waals surface area contributed by atoms with Crippen molar-refractivity contribution in [1.29, 1.82) is 0 Å². The lowest BCUT2D eigenvalue weighted by Crippen LogP contribution is -2.06. The quantitative estimate of drug-likeness (QED) is 0.548. The lowest BCUT2D eigenvalue weighted by molar-refractivity contribution is 0.187. The lowest BCUT2D eigenvalue weighted by atomic mass is 10.2. The van der Waals surface area contributed by atoms with E-state index in [1.807, 2.05) is 0 Å². The Morgan fingerprint density at radius 2 is 2.25 bits per heavy atom. The Bertz CT molecular complexity index is 124. The topological polar surface area (TPSA) is 20.2 Å². The fourth-order valence-electron chi connectivity index (χ4n) is 0.614. The Labute approximate surface area is 47.8 Å². The average Bonchev–Trinajstić information content (AvgIpc) is 2.47. The Morgan fingerprint density at radius 3 is 2.38 bits per heavy atom. The van der Waals surface area contributed by atoms with Crippen LogP contribution < -0.4 is 0 Å². The fourth-order valence-corrected chi connectivity index (χ4v) is 0.614. The zero-order chi connectivity index (χ0) is 6.20. The number of hydrogen-bond donors (Lipinski definition) is 1. The molecule has 1 N–H and O–H groups in total. The van der Waals surface area contributed by atoms with Gasteiger partial charge in [0, 0.05) is 0 Å². The average molecular weight is 116 g/mol. The van der Waals surface area contributed by atoms with E-state index in [2.05, 4.69) is 0 Å². The van der Waals surface area contributed by atoms with E-state index in [1.165, 1.54) is 0 Å². The van der Waals surface area contributed by atoms with Crippen molar-refractivity contribution in [2.24, 2.45) is 0 Å². The van der Waals surface area contributed by atoms with E-state index < -0.39 is 5.60 Å². The summed E-state index contributed by atoms with van der Waals surface area (Å²) in [7, 11) is 0. The van der Waals surface area contributed by atoms with Crippen LogP contribution in [0.3, 0.4) is 0 Å². The molecule has 0 spiro atoms. The largest absolute Gasteiger partial charge is 0.385 e. The van der Waals surface area contributed by atoms with Gasteiger partial charge in [-0.25, -0.2) is 4.39 Å². The van der Waals surface area contributed by atoms with Crippen molar-refractivity contribution in [2.75, 3.05) is 0 Å². The van der Waals surface area contributed by atoms with Gasteiger partial charge in [0.05, 0.1) is 11.9 Å². The van der Waals surface area contributed by atoms with Gasteiger partial charge in [-0.1, -0.05) is 0 Å². The molecule has 0 unspecified atom stereocenters. The molecule has 46 valence electrons. The maximum absolute atomic E-state index is 11.6. The fraction of sp³-hybridized carbons (Fsp3) is 0.667. The van der Waals surface area contributed by atoms with E-state index in [9.17, 15) is 4.39 Å². The number of aliphatic hydroxyl groups is 1. The molecule has 0 aromatic carbocycles. The SMILES string of the molecule is CC(=CF)C1(O)CC1. The van der Waals surface area contributed by atoms with Gasteiger partial charge in [-0.05, 0) is 25.3 Å². The molecule has 0 aliphatic heterocycles. The monoisotopic (exact) mass is 116 g/mol. The van der Waals surface area contributed by atoms with Crippen LogP contribution in [0, 0.1) is 0 Å². The van der Waals surface area contributed by atoms with E-state index in [0.29, 0.717) is 11.9 Å². The predicted molar refractivity (Wildman–Crippen MR) is 29.0 cm³/mol. The van der Waals surface area contributed by atoms with E-state index >= 15 is 0 Å². The predicted octanol–water partition coefficient (Wildman–Crippen LogP) is 1.38. The molecule has 1 saturated carbocycles. The highest BCUT2D eigenvalue weighted by molar-refractivity contribution is 5.19. The van der Waals surface area contributed by atoms with Crippen molar-refractivity contribution in [3.8, 4) is 0 Å². The first kappa shape index (κ1) is 5.76. The summed E-state index contributed by atoms with van der Waals surface area (Å²) in [4.78, 5) is 0. The number of rotatable bonds is 1. The second-order valence-corrected chi connectivity index (χ2v) is 2.32. The number of halogens is 1. The molecule has 0 radical (unpaired) electrons. The van der Waals surface area contributed by atoms with Crippen LogP contribution in [0.15, 0.2) is 11.9 Å². The molecule has 2 heteroatoms. The summed E-state index contributed by atoms with van der Waals surface area (Å²) < 4.78 is 11.6. The van der Waals surface area contributed by atoms with Gasteiger partial charge in [0.15, 0.2) is 0 Å². The van der Waals surface area contributed by atoms with Gasteiger partial charge in [-0.3, -0.25) is 0 Å². The normalized spacial score (nSPS) is 25.6. The van der Waals surface area contributed by atoms with Gasteiger partial charge in [0.2, 0.25) is 0 Å². The van der Waals surface area contributed by atoms with E-state index in [4.69, 9.17) is 5.11 Å². The molecular formula is C6H9FO. The Morgan fingerprint density at radius 1 is 1.75 bits per heavy atom. The van der Waals surface area contributed by atoms with Crippen molar-refractivity contribution in [3.05, 3.63) is 11.9 Å². The first-order valence-corrected chi connectivity index (χ1v) is 2.69. The minimum atomic E-state index is -0.755. The van der Waals surface area contributed by atoms with Crippen LogP contribution in [-0.4, -0.2) is 10.7 Å². The molecule has 0 heterocycles. The molecule has 0 saturated heterocycles. The van der Waals surface area contributed by atoms with Crippen molar-refractivity contribution in [2.45, 2.75) is 25.4 Å². The van der Waals surface area contributed by atoms with Gasteiger partial charge in [0.1, 0.15) is 0 Å². The van der Waals surface area contributed by atoms with Crippen LogP contribution >= 0.6 is 0 Å². The van der Waals surface area contributed by atoms with Crippen LogP contribution in [0.2, 0.25) is 0 Å². The smallest absolute Gasteiger partial charge is 0.0884 e. The van der Waals surface area contributed by atoms with E-state index in [1.54, 1.807) is 6.92 Å². The summed E-state index contributed by atoms with van der Waals surface area (Å²) in [5, 5.41) is 9.09. The molecule has 1 aliphatic carbocycles. The third-order valence-corrected chi connectivity index (χ3v) is 1.62. The van der Waals surface area contributed by atoms with Crippen molar-refractivity contribution < 1.29 is 9.50 Å². The summed E-state index contributed by atoms with van der Waals surface area (Å²) in [6, 6.07) is 0. The second kappa shape index (κ2) is 1.55. The maximum atomic E-state index is 11.6. The highest BCUT2D eigenvalue weighted by Crippen LogP contribution is 2.41. The summed E-state index contributed by atoms with van der Waals surface area (Å²) >= 11 is 0. The molecule has 0 amide bonds. The summed E-state index contributed by atoms with van der Waals surface area (Å²) in [6.07, 6.45) is 1.92. The van der Waals surface area contributed by atoms with Gasteiger partial charge >= 0.3 is 0 Å². The zero-order valence-electron chi connectivity index (χ0n) is 4.82. The molecule has 1 rings (SSSR count). The van der Waals surface area contributed by atoms with Crippen LogP contribution in [0.5, 0.6) is 0 Å². The third kappa shape index (κ3) is 0.757. The van der Waals surface area contributed by atoms with Crippen molar-refractivity contribution >= 4 is 0 Å². The molecule has 0 atom stereocenters. The minimum Gasteiger partial charge on any atom is -0.385 e. The van der Waals surface area contributed by atoms with Gasteiger partial charge in [-0.2, -0.15) is 0 Å². The van der Waals surface area contributed by atoms with Crippen molar-refractivity contribution in [1.82, 2.24) is 0 Å². The Hall–Kier alpha value is -0.370. The Kier molecular flexibility index (Phi) is 1.12. The highest BCUT2D eigenvalue weighted by Gasteiger charge is 2.41. The third-order valence-electron chi connectivity index (χ3n) is 1.62.